The van der Waals surface area contributed by atoms with Crippen LogP contribution in [0, 0.1) is 23.4 Å². The van der Waals surface area contributed by atoms with Crippen molar-refractivity contribution in [1.29, 1.82) is 0 Å². The van der Waals surface area contributed by atoms with Gasteiger partial charge in [0.1, 0.15) is 41.2 Å². The van der Waals surface area contributed by atoms with E-state index in [0.717, 1.165) is 39.8 Å². The largest absolute Gasteiger partial charge is 0.344 e. The Labute approximate surface area is 326 Å². The summed E-state index contributed by atoms with van der Waals surface area (Å²) in [4.78, 5) is 33.1. The summed E-state index contributed by atoms with van der Waals surface area (Å²) < 4.78 is 132. The Bertz CT molecular complexity index is 2860. The Kier molecular flexibility index (Phi) is 9.11. The molecule has 3 heterocycles. The smallest absolute Gasteiger partial charge is 0.293 e. The standard InChI is InChI=1S/C35H25Cl2F7N8O4S/c1-50-29-22(6-3-18(36)25(29)32(48-50)49-57(2,55)56)52-33(46-20-5-4-19(40)27(37)26(20)34(52)54)21(9-13-7-14(38)10-15(39)8-13)45-23(53)12-51-30-24(28(47-51)31(41)42)16-11-17(16)35(30,43)44/h3-8,10,16-17,21,31H,9,11-12H2,1-2H3,(H,45,53)(H,48,49)/t16-,17+,21-/m0/s1. The van der Waals surface area contributed by atoms with E-state index in [1.165, 1.54) is 19.2 Å². The molecule has 1 saturated carbocycles. The van der Waals surface area contributed by atoms with Crippen molar-refractivity contribution < 1.29 is 43.9 Å². The van der Waals surface area contributed by atoms with Crippen LogP contribution >= 0.6 is 23.2 Å². The SMILES string of the molecule is Cn1nc(NS(C)(=O)=O)c2c(Cl)ccc(-n3c([C@H](Cc4cc(F)cc(F)c4)NC(=O)Cn4nc(C(F)F)c5c4C(F)(F)[C@@H]4C[C@H]54)nc4ccc(F)c(Cl)c4c3=O)c21. The summed E-state index contributed by atoms with van der Waals surface area (Å²) in [5, 5.41) is 9.29. The van der Waals surface area contributed by atoms with Crippen LogP contribution in [0.2, 0.25) is 10.0 Å². The molecule has 0 bridgehead atoms. The number of fused-ring (bicyclic) bond motifs is 5. The first kappa shape index (κ1) is 38.7. The van der Waals surface area contributed by atoms with Gasteiger partial charge in [0.2, 0.25) is 15.9 Å². The van der Waals surface area contributed by atoms with E-state index in [0.29, 0.717) is 10.7 Å². The van der Waals surface area contributed by atoms with Gasteiger partial charge in [-0.15, -0.1) is 0 Å². The molecule has 2 aliphatic carbocycles. The number of aromatic nitrogens is 6. The first-order valence-corrected chi connectivity index (χ1v) is 19.4. The van der Waals surface area contributed by atoms with Crippen LogP contribution in [0.3, 0.4) is 0 Å². The van der Waals surface area contributed by atoms with Crippen LogP contribution in [0.1, 0.15) is 53.1 Å². The van der Waals surface area contributed by atoms with Crippen molar-refractivity contribution in [2.24, 2.45) is 13.0 Å². The van der Waals surface area contributed by atoms with Gasteiger partial charge < -0.3 is 5.32 Å². The molecule has 22 heteroatoms. The Hall–Kier alpha value is -5.21. The van der Waals surface area contributed by atoms with Gasteiger partial charge in [0, 0.05) is 31.0 Å². The fraction of sp³-hybridized carbons (Fsp3) is 0.286. The van der Waals surface area contributed by atoms with Crippen LogP contribution < -0.4 is 15.6 Å². The third kappa shape index (κ3) is 6.56. The topological polar surface area (TPSA) is 146 Å². The third-order valence-electron chi connectivity index (χ3n) is 9.86. The van der Waals surface area contributed by atoms with E-state index in [1.54, 1.807) is 0 Å². The van der Waals surface area contributed by atoms with Crippen LogP contribution in [0.15, 0.2) is 47.3 Å². The summed E-state index contributed by atoms with van der Waals surface area (Å²) in [5.41, 5.74) is -3.50. The predicted octanol–water partition coefficient (Wildman–Crippen LogP) is 6.81. The number of amides is 1. The molecule has 298 valence electrons. The van der Waals surface area contributed by atoms with Gasteiger partial charge >= 0.3 is 0 Å². The number of carbonyl (C=O) groups is 1. The second-order valence-corrected chi connectivity index (χ2v) is 16.3. The van der Waals surface area contributed by atoms with Crippen LogP contribution in [0.4, 0.5) is 36.6 Å². The first-order chi connectivity index (χ1) is 26.7. The normalized spacial score (nSPS) is 17.6. The van der Waals surface area contributed by atoms with Gasteiger partial charge in [-0.3, -0.25) is 28.2 Å². The van der Waals surface area contributed by atoms with E-state index in [1.807, 2.05) is 0 Å². The number of aryl methyl sites for hydroxylation is 1. The van der Waals surface area contributed by atoms with E-state index >= 15 is 8.78 Å². The Morgan fingerprint density at radius 3 is 2.40 bits per heavy atom. The molecular formula is C35H25Cl2F7N8O4S. The van der Waals surface area contributed by atoms with Gasteiger partial charge in [0.25, 0.3) is 17.9 Å². The molecule has 0 radical (unpaired) electrons. The zero-order valence-corrected chi connectivity index (χ0v) is 31.4. The fourth-order valence-electron chi connectivity index (χ4n) is 7.60. The highest BCUT2D eigenvalue weighted by molar-refractivity contribution is 7.92. The lowest BCUT2D eigenvalue weighted by molar-refractivity contribution is -0.123. The molecule has 0 unspecified atom stereocenters. The number of carbonyl (C=O) groups excluding carboxylic acids is 1. The summed E-state index contributed by atoms with van der Waals surface area (Å²) in [6.07, 6.45) is -2.92. The zero-order valence-electron chi connectivity index (χ0n) is 29.1. The van der Waals surface area contributed by atoms with Crippen molar-refractivity contribution in [2.75, 3.05) is 11.0 Å². The van der Waals surface area contributed by atoms with Gasteiger partial charge in [-0.05, 0) is 54.3 Å². The number of halogens is 9. The summed E-state index contributed by atoms with van der Waals surface area (Å²) in [7, 11) is -2.56. The molecule has 2 aliphatic rings. The van der Waals surface area contributed by atoms with Gasteiger partial charge in [0.05, 0.1) is 49.8 Å². The zero-order chi connectivity index (χ0) is 41.0. The van der Waals surface area contributed by atoms with Gasteiger partial charge in [-0.2, -0.15) is 19.0 Å². The molecule has 3 atom stereocenters. The molecule has 3 aromatic carbocycles. The highest BCUT2D eigenvalue weighted by Crippen LogP contribution is 2.68. The predicted molar refractivity (Wildman–Crippen MR) is 193 cm³/mol. The summed E-state index contributed by atoms with van der Waals surface area (Å²) in [6.45, 7) is -1.03. The van der Waals surface area contributed by atoms with Crippen LogP contribution in [-0.4, -0.2) is 49.7 Å². The highest BCUT2D eigenvalue weighted by Gasteiger charge is 2.67. The Morgan fingerprint density at radius 2 is 1.74 bits per heavy atom. The molecule has 0 saturated heterocycles. The van der Waals surface area contributed by atoms with Gasteiger partial charge in [0.15, 0.2) is 5.82 Å². The quantitative estimate of drug-likeness (QED) is 0.144. The monoisotopic (exact) mass is 856 g/mol. The molecule has 3 aromatic heterocycles. The second-order valence-electron chi connectivity index (χ2n) is 13.8. The lowest BCUT2D eigenvalue weighted by Gasteiger charge is -2.24. The van der Waals surface area contributed by atoms with E-state index in [4.69, 9.17) is 23.2 Å². The van der Waals surface area contributed by atoms with Gasteiger partial charge in [-0.1, -0.05) is 23.2 Å². The van der Waals surface area contributed by atoms with E-state index < -0.39 is 104 Å². The van der Waals surface area contributed by atoms with Crippen molar-refractivity contribution in [3.05, 3.63) is 109 Å². The molecular weight excluding hydrogens is 832 g/mol. The summed E-state index contributed by atoms with van der Waals surface area (Å²) in [6, 6.07) is 5.42. The van der Waals surface area contributed by atoms with Crippen LogP contribution in [0.25, 0.3) is 27.5 Å². The minimum absolute atomic E-state index is 0.0000177. The van der Waals surface area contributed by atoms with E-state index in [2.05, 4.69) is 25.2 Å². The van der Waals surface area contributed by atoms with E-state index in [-0.39, 0.29) is 56.3 Å². The lowest BCUT2D eigenvalue weighted by Crippen LogP contribution is -2.38. The maximum atomic E-state index is 15.4. The van der Waals surface area contributed by atoms with Crippen molar-refractivity contribution >= 4 is 66.8 Å². The molecule has 1 fully saturated rings. The number of hydrogen-bond donors (Lipinski definition) is 2. The summed E-state index contributed by atoms with van der Waals surface area (Å²) in [5.74, 6) is -10.4. The summed E-state index contributed by atoms with van der Waals surface area (Å²) >= 11 is 12.8. The van der Waals surface area contributed by atoms with Crippen LogP contribution in [0.5, 0.6) is 0 Å². The number of anilines is 1. The molecule has 6 aromatic rings. The first-order valence-electron chi connectivity index (χ1n) is 16.8. The molecule has 2 N–H and O–H groups in total. The molecule has 1 amide bonds. The van der Waals surface area contributed by atoms with Crippen molar-refractivity contribution in [2.45, 2.75) is 43.7 Å². The highest BCUT2D eigenvalue weighted by atomic mass is 35.5. The number of nitrogens with one attached hydrogen (secondary N) is 2. The number of alkyl halides is 4. The van der Waals surface area contributed by atoms with Gasteiger partial charge in [-0.25, -0.2) is 35.4 Å². The number of rotatable bonds is 10. The Morgan fingerprint density at radius 1 is 1.04 bits per heavy atom. The molecule has 0 spiro atoms. The number of hydrogen-bond acceptors (Lipinski definition) is 7. The molecule has 8 rings (SSSR count). The van der Waals surface area contributed by atoms with Crippen molar-refractivity contribution in [3.63, 3.8) is 0 Å². The number of benzene rings is 3. The van der Waals surface area contributed by atoms with E-state index in [9.17, 15) is 40.0 Å². The average molecular weight is 858 g/mol. The maximum Gasteiger partial charge on any atom is 0.293 e. The van der Waals surface area contributed by atoms with Crippen molar-refractivity contribution in [3.8, 4) is 5.69 Å². The third-order valence-corrected chi connectivity index (χ3v) is 11.1. The Balaban J connectivity index is 1.34. The maximum absolute atomic E-state index is 15.4. The molecule has 0 aliphatic heterocycles. The molecule has 57 heavy (non-hydrogen) atoms. The minimum Gasteiger partial charge on any atom is -0.344 e. The molecule has 12 nitrogen and oxygen atoms in total. The fourth-order valence-corrected chi connectivity index (χ4v) is 8.58. The number of sulfonamides is 1. The average Bonchev–Trinajstić information content (AvgIpc) is 3.64. The lowest BCUT2D eigenvalue weighted by atomic mass is 10.0. The van der Waals surface area contributed by atoms with Crippen LogP contribution in [-0.2, 0) is 40.8 Å². The van der Waals surface area contributed by atoms with Crippen molar-refractivity contribution in [1.82, 2.24) is 34.4 Å². The number of nitrogens with zero attached hydrogens (tertiary/aromatic N) is 6. The minimum atomic E-state index is -3.94. The second kappa shape index (κ2) is 13.4.